The normalized spacial score (nSPS) is 17.6. The molecule has 0 bridgehead atoms. The van der Waals surface area contributed by atoms with Crippen LogP contribution < -0.4 is 4.72 Å². The molecule has 2 aromatic rings. The predicted molar refractivity (Wildman–Crippen MR) is 101 cm³/mol. The number of halogens is 1. The average Bonchev–Trinajstić information content (AvgIpc) is 2.68. The van der Waals surface area contributed by atoms with Gasteiger partial charge in [0.25, 0.3) is 5.91 Å². The monoisotopic (exact) mass is 392 g/mol. The van der Waals surface area contributed by atoms with Crippen molar-refractivity contribution in [2.24, 2.45) is 0 Å². The quantitative estimate of drug-likeness (QED) is 0.849. The number of anilines is 1. The smallest absolute Gasteiger partial charge is 0.256 e. The molecule has 1 fully saturated rings. The molecular formula is C19H21FN2O4S. The Morgan fingerprint density at radius 1 is 1.22 bits per heavy atom. The SMILES string of the molecule is CCS(=O)(=O)Nc1ccccc1C(=O)N1CCOC(c2ccccc2F)C1. The lowest BCUT2D eigenvalue weighted by Crippen LogP contribution is -2.42. The van der Waals surface area contributed by atoms with E-state index in [1.54, 1.807) is 47.4 Å². The molecule has 1 aliphatic heterocycles. The third-order valence-electron chi connectivity index (χ3n) is 4.41. The number of nitrogens with one attached hydrogen (secondary N) is 1. The van der Waals surface area contributed by atoms with E-state index in [0.29, 0.717) is 12.1 Å². The molecule has 1 amide bonds. The summed E-state index contributed by atoms with van der Waals surface area (Å²) in [5, 5.41) is 0. The van der Waals surface area contributed by atoms with Gasteiger partial charge in [0.05, 0.1) is 30.2 Å². The van der Waals surface area contributed by atoms with Gasteiger partial charge >= 0.3 is 0 Å². The van der Waals surface area contributed by atoms with E-state index in [9.17, 15) is 17.6 Å². The first-order valence-electron chi connectivity index (χ1n) is 8.66. The van der Waals surface area contributed by atoms with Gasteiger partial charge in [-0.1, -0.05) is 30.3 Å². The van der Waals surface area contributed by atoms with Crippen LogP contribution in [0.3, 0.4) is 0 Å². The van der Waals surface area contributed by atoms with E-state index in [-0.39, 0.29) is 41.9 Å². The highest BCUT2D eigenvalue weighted by Gasteiger charge is 2.29. The molecule has 1 saturated heterocycles. The molecule has 1 N–H and O–H groups in total. The van der Waals surface area contributed by atoms with Gasteiger partial charge in [-0.25, -0.2) is 12.8 Å². The summed E-state index contributed by atoms with van der Waals surface area (Å²) in [6, 6.07) is 12.8. The zero-order valence-electron chi connectivity index (χ0n) is 14.9. The molecule has 1 heterocycles. The van der Waals surface area contributed by atoms with Crippen LogP contribution in [-0.4, -0.2) is 44.7 Å². The van der Waals surface area contributed by atoms with E-state index in [1.165, 1.54) is 13.0 Å². The average molecular weight is 392 g/mol. The molecule has 0 aromatic heterocycles. The van der Waals surface area contributed by atoms with Crippen LogP contribution in [0.4, 0.5) is 10.1 Å². The van der Waals surface area contributed by atoms with Crippen molar-refractivity contribution in [2.75, 3.05) is 30.2 Å². The molecule has 0 radical (unpaired) electrons. The summed E-state index contributed by atoms with van der Waals surface area (Å²) in [4.78, 5) is 14.6. The van der Waals surface area contributed by atoms with E-state index in [1.807, 2.05) is 0 Å². The van der Waals surface area contributed by atoms with Gasteiger partial charge in [-0.15, -0.1) is 0 Å². The summed E-state index contributed by atoms with van der Waals surface area (Å²) in [6.45, 7) is 2.33. The molecule has 1 aliphatic rings. The highest BCUT2D eigenvalue weighted by molar-refractivity contribution is 7.92. The van der Waals surface area contributed by atoms with Crippen LogP contribution in [0.2, 0.25) is 0 Å². The van der Waals surface area contributed by atoms with E-state index in [2.05, 4.69) is 4.72 Å². The number of carbonyl (C=O) groups excluding carboxylic acids is 1. The van der Waals surface area contributed by atoms with E-state index < -0.39 is 16.1 Å². The third-order valence-corrected chi connectivity index (χ3v) is 5.70. The molecule has 8 heteroatoms. The van der Waals surface area contributed by atoms with Crippen LogP contribution in [0.15, 0.2) is 48.5 Å². The number of carbonyl (C=O) groups is 1. The number of rotatable bonds is 5. The zero-order chi connectivity index (χ0) is 19.4. The molecule has 1 atom stereocenters. The fourth-order valence-corrected chi connectivity index (χ4v) is 3.58. The Labute approximate surface area is 158 Å². The molecule has 2 aromatic carbocycles. The molecule has 27 heavy (non-hydrogen) atoms. The minimum absolute atomic E-state index is 0.0948. The molecule has 1 unspecified atom stereocenters. The Kier molecular flexibility index (Phi) is 5.76. The second kappa shape index (κ2) is 8.06. The molecule has 144 valence electrons. The minimum atomic E-state index is -3.51. The van der Waals surface area contributed by atoms with Gasteiger partial charge < -0.3 is 9.64 Å². The Morgan fingerprint density at radius 3 is 2.67 bits per heavy atom. The van der Waals surface area contributed by atoms with Gasteiger partial charge in [0.2, 0.25) is 10.0 Å². The van der Waals surface area contributed by atoms with Crippen molar-refractivity contribution in [1.82, 2.24) is 4.90 Å². The van der Waals surface area contributed by atoms with Gasteiger partial charge in [-0.05, 0) is 25.1 Å². The maximum atomic E-state index is 14.1. The van der Waals surface area contributed by atoms with E-state index in [0.717, 1.165) is 0 Å². The summed E-state index contributed by atoms with van der Waals surface area (Å²) in [6.07, 6.45) is -0.566. The Bertz CT molecular complexity index is 933. The number of para-hydroxylation sites is 1. The number of nitrogens with zero attached hydrogens (tertiary/aromatic N) is 1. The van der Waals surface area contributed by atoms with Crippen LogP contribution in [0.1, 0.15) is 28.9 Å². The highest BCUT2D eigenvalue weighted by Crippen LogP contribution is 2.27. The number of morpholine rings is 1. The largest absolute Gasteiger partial charge is 0.370 e. The lowest BCUT2D eigenvalue weighted by molar-refractivity contribution is -0.0242. The number of hydrogen-bond donors (Lipinski definition) is 1. The Balaban J connectivity index is 1.83. The van der Waals surface area contributed by atoms with Crippen LogP contribution in [-0.2, 0) is 14.8 Å². The molecule has 6 nitrogen and oxygen atoms in total. The number of ether oxygens (including phenoxy) is 1. The number of amides is 1. The number of benzene rings is 2. The van der Waals surface area contributed by atoms with Crippen LogP contribution in [0, 0.1) is 5.82 Å². The van der Waals surface area contributed by atoms with Crippen molar-refractivity contribution in [3.8, 4) is 0 Å². The first-order valence-corrected chi connectivity index (χ1v) is 10.3. The first-order chi connectivity index (χ1) is 12.9. The lowest BCUT2D eigenvalue weighted by Gasteiger charge is -2.33. The molecule has 0 spiro atoms. The van der Waals surface area contributed by atoms with Crippen LogP contribution in [0.25, 0.3) is 0 Å². The lowest BCUT2D eigenvalue weighted by atomic mass is 10.1. The second-order valence-corrected chi connectivity index (χ2v) is 8.19. The molecule has 0 aliphatic carbocycles. The molecule has 3 rings (SSSR count). The fourth-order valence-electron chi connectivity index (χ4n) is 2.93. The summed E-state index contributed by atoms with van der Waals surface area (Å²) >= 11 is 0. The fraction of sp³-hybridized carbons (Fsp3) is 0.316. The van der Waals surface area contributed by atoms with Crippen LogP contribution in [0.5, 0.6) is 0 Å². The summed E-state index contributed by atoms with van der Waals surface area (Å²) in [5.74, 6) is -0.801. The van der Waals surface area contributed by atoms with Crippen molar-refractivity contribution in [3.05, 3.63) is 65.5 Å². The van der Waals surface area contributed by atoms with Gasteiger partial charge in [0.1, 0.15) is 11.9 Å². The highest BCUT2D eigenvalue weighted by atomic mass is 32.2. The van der Waals surface area contributed by atoms with E-state index >= 15 is 0 Å². The number of hydrogen-bond acceptors (Lipinski definition) is 4. The van der Waals surface area contributed by atoms with Gasteiger partial charge in [0, 0.05) is 12.1 Å². The second-order valence-electron chi connectivity index (χ2n) is 6.18. The van der Waals surface area contributed by atoms with Crippen molar-refractivity contribution < 1.29 is 22.3 Å². The zero-order valence-corrected chi connectivity index (χ0v) is 15.7. The van der Waals surface area contributed by atoms with Crippen LogP contribution >= 0.6 is 0 Å². The Hall–Kier alpha value is -2.45. The maximum absolute atomic E-state index is 14.1. The van der Waals surface area contributed by atoms with Crippen molar-refractivity contribution in [2.45, 2.75) is 13.0 Å². The maximum Gasteiger partial charge on any atom is 0.256 e. The van der Waals surface area contributed by atoms with E-state index in [4.69, 9.17) is 4.74 Å². The summed E-state index contributed by atoms with van der Waals surface area (Å²) < 4.78 is 45.9. The summed E-state index contributed by atoms with van der Waals surface area (Å²) in [5.41, 5.74) is 0.886. The topological polar surface area (TPSA) is 75.7 Å². The molecule has 0 saturated carbocycles. The van der Waals surface area contributed by atoms with Gasteiger partial charge in [0.15, 0.2) is 0 Å². The first kappa shape index (κ1) is 19.3. The van der Waals surface area contributed by atoms with Gasteiger partial charge in [-0.3, -0.25) is 9.52 Å². The predicted octanol–water partition coefficient (Wildman–Crippen LogP) is 2.80. The van der Waals surface area contributed by atoms with Gasteiger partial charge in [-0.2, -0.15) is 0 Å². The third kappa shape index (κ3) is 4.45. The number of sulfonamides is 1. The van der Waals surface area contributed by atoms with Crippen molar-refractivity contribution >= 4 is 21.6 Å². The Morgan fingerprint density at radius 2 is 1.93 bits per heavy atom. The van der Waals surface area contributed by atoms with Crippen molar-refractivity contribution in [3.63, 3.8) is 0 Å². The molecular weight excluding hydrogens is 371 g/mol. The standard InChI is InChI=1S/C19H21FN2O4S/c1-2-27(24,25)21-17-10-6-4-8-15(17)19(23)22-11-12-26-18(13-22)14-7-3-5-9-16(14)20/h3-10,18,21H,2,11-13H2,1H3. The van der Waals surface area contributed by atoms with Crippen molar-refractivity contribution in [1.29, 1.82) is 0 Å². The minimum Gasteiger partial charge on any atom is -0.370 e. The summed E-state index contributed by atoms with van der Waals surface area (Å²) in [7, 11) is -3.51.